The van der Waals surface area contributed by atoms with Crippen LogP contribution in [-0.2, 0) is 19.7 Å². The van der Waals surface area contributed by atoms with Gasteiger partial charge in [-0.1, -0.05) is 56.8 Å². The van der Waals surface area contributed by atoms with Crippen LogP contribution in [-0.4, -0.2) is 45.7 Å². The lowest BCUT2D eigenvalue weighted by Crippen LogP contribution is -2.32. The van der Waals surface area contributed by atoms with Crippen molar-refractivity contribution < 1.29 is 14.3 Å². The summed E-state index contributed by atoms with van der Waals surface area (Å²) in [4.78, 5) is 23.0. The normalized spacial score (nSPS) is 11.3. The predicted octanol–water partition coefficient (Wildman–Crippen LogP) is 1.73. The first-order valence-corrected chi connectivity index (χ1v) is 9.57. The molecule has 0 saturated carbocycles. The summed E-state index contributed by atoms with van der Waals surface area (Å²) < 4.78 is 6.11. The van der Waals surface area contributed by atoms with Gasteiger partial charge < -0.3 is 15.9 Å². The van der Waals surface area contributed by atoms with Crippen LogP contribution in [0.25, 0.3) is 11.4 Å². The van der Waals surface area contributed by atoms with Crippen LogP contribution >= 0.6 is 11.8 Å². The SMILES string of the molecule is CCOC(=O)CNC(=O)CSc1nnc(-c2ccc(C(C)(C)C)cc2)n1N. The minimum atomic E-state index is -0.473. The van der Waals surface area contributed by atoms with E-state index in [0.29, 0.717) is 11.0 Å². The number of nitrogens with one attached hydrogen (secondary N) is 1. The molecule has 0 radical (unpaired) electrons. The second kappa shape index (κ2) is 8.90. The highest BCUT2D eigenvalue weighted by molar-refractivity contribution is 7.99. The molecule has 146 valence electrons. The Morgan fingerprint density at radius 3 is 2.48 bits per heavy atom. The van der Waals surface area contributed by atoms with Gasteiger partial charge in [0.1, 0.15) is 6.54 Å². The van der Waals surface area contributed by atoms with Crippen LogP contribution < -0.4 is 11.2 Å². The van der Waals surface area contributed by atoms with E-state index >= 15 is 0 Å². The molecule has 9 heteroatoms. The Morgan fingerprint density at radius 2 is 1.89 bits per heavy atom. The van der Waals surface area contributed by atoms with Gasteiger partial charge in [-0.15, -0.1) is 10.2 Å². The summed E-state index contributed by atoms with van der Waals surface area (Å²) in [5.41, 5.74) is 2.12. The van der Waals surface area contributed by atoms with Crippen LogP contribution in [0.1, 0.15) is 33.3 Å². The highest BCUT2D eigenvalue weighted by Gasteiger charge is 2.16. The Balaban J connectivity index is 1.97. The molecule has 0 spiro atoms. The second-order valence-electron chi connectivity index (χ2n) is 6.87. The number of hydrogen-bond acceptors (Lipinski definition) is 7. The maximum absolute atomic E-state index is 11.8. The molecule has 1 aromatic heterocycles. The molecular weight excluding hydrogens is 366 g/mol. The minimum absolute atomic E-state index is 0.0623. The Kier molecular flexibility index (Phi) is 6.84. The number of nitrogens with zero attached hydrogens (tertiary/aromatic N) is 3. The van der Waals surface area contributed by atoms with Crippen LogP contribution in [0.4, 0.5) is 0 Å². The van der Waals surface area contributed by atoms with Gasteiger partial charge in [-0.05, 0) is 17.9 Å². The molecule has 2 aromatic rings. The number of amides is 1. The van der Waals surface area contributed by atoms with Crippen molar-refractivity contribution in [2.24, 2.45) is 0 Å². The maximum atomic E-state index is 11.8. The summed E-state index contributed by atoms with van der Waals surface area (Å²) >= 11 is 1.14. The van der Waals surface area contributed by atoms with Crippen molar-refractivity contribution in [3.05, 3.63) is 29.8 Å². The van der Waals surface area contributed by atoms with Crippen LogP contribution in [0.3, 0.4) is 0 Å². The van der Waals surface area contributed by atoms with E-state index in [1.54, 1.807) is 6.92 Å². The molecule has 0 atom stereocenters. The third kappa shape index (κ3) is 5.72. The number of hydrogen-bond donors (Lipinski definition) is 2. The Morgan fingerprint density at radius 1 is 1.22 bits per heavy atom. The van der Waals surface area contributed by atoms with Crippen LogP contribution in [0.15, 0.2) is 29.4 Å². The van der Waals surface area contributed by atoms with E-state index in [2.05, 4.69) is 36.3 Å². The first-order chi connectivity index (χ1) is 12.7. The fourth-order valence-electron chi connectivity index (χ4n) is 2.26. The molecule has 0 fully saturated rings. The number of rotatable bonds is 7. The maximum Gasteiger partial charge on any atom is 0.325 e. The van der Waals surface area contributed by atoms with Crippen LogP contribution in [0.2, 0.25) is 0 Å². The van der Waals surface area contributed by atoms with E-state index in [4.69, 9.17) is 10.6 Å². The van der Waals surface area contributed by atoms with Crippen LogP contribution in [0, 0.1) is 0 Å². The first-order valence-electron chi connectivity index (χ1n) is 8.59. The number of esters is 1. The quantitative estimate of drug-likeness (QED) is 0.420. The van der Waals surface area contributed by atoms with E-state index in [-0.39, 0.29) is 30.2 Å². The summed E-state index contributed by atoms with van der Waals surface area (Å²) in [5, 5.41) is 11.1. The summed E-state index contributed by atoms with van der Waals surface area (Å²) in [6.07, 6.45) is 0. The van der Waals surface area contributed by atoms with Gasteiger partial charge >= 0.3 is 5.97 Å². The fourth-order valence-corrected chi connectivity index (χ4v) is 2.94. The first kappa shape index (κ1) is 20.8. The van der Waals surface area contributed by atoms with E-state index in [9.17, 15) is 9.59 Å². The molecule has 0 bridgehead atoms. The molecule has 1 aromatic carbocycles. The van der Waals surface area contributed by atoms with Gasteiger partial charge in [0.05, 0.1) is 12.4 Å². The number of nitrogen functional groups attached to an aromatic ring is 1. The lowest BCUT2D eigenvalue weighted by molar-refractivity contribution is -0.143. The second-order valence-corrected chi connectivity index (χ2v) is 7.82. The topological polar surface area (TPSA) is 112 Å². The lowest BCUT2D eigenvalue weighted by Gasteiger charge is -2.19. The highest BCUT2D eigenvalue weighted by atomic mass is 32.2. The van der Waals surface area contributed by atoms with E-state index < -0.39 is 5.97 Å². The highest BCUT2D eigenvalue weighted by Crippen LogP contribution is 2.26. The zero-order chi connectivity index (χ0) is 20.0. The van der Waals surface area contributed by atoms with Crippen molar-refractivity contribution in [2.45, 2.75) is 38.3 Å². The third-order valence-corrected chi connectivity index (χ3v) is 4.68. The standard InChI is InChI=1S/C18H25N5O3S/c1-5-26-15(25)10-20-14(24)11-27-17-22-21-16(23(17)19)12-6-8-13(9-7-12)18(2,3)4/h6-9H,5,10-11,19H2,1-4H3,(H,20,24). The van der Waals surface area contributed by atoms with Crippen molar-refractivity contribution in [2.75, 3.05) is 24.7 Å². The zero-order valence-corrected chi connectivity index (χ0v) is 16.8. The molecule has 1 heterocycles. The summed E-state index contributed by atoms with van der Waals surface area (Å²) in [5.74, 6) is 5.87. The van der Waals surface area contributed by atoms with Crippen molar-refractivity contribution in [3.8, 4) is 11.4 Å². The van der Waals surface area contributed by atoms with Crippen molar-refractivity contribution in [3.63, 3.8) is 0 Å². The van der Waals surface area contributed by atoms with Crippen molar-refractivity contribution in [1.82, 2.24) is 20.2 Å². The number of nitrogens with two attached hydrogens (primary N) is 1. The number of benzene rings is 1. The molecule has 0 aliphatic rings. The van der Waals surface area contributed by atoms with E-state index in [0.717, 1.165) is 17.3 Å². The van der Waals surface area contributed by atoms with Crippen LogP contribution in [0.5, 0.6) is 0 Å². The average Bonchev–Trinajstić information content (AvgIpc) is 2.98. The molecule has 27 heavy (non-hydrogen) atoms. The molecule has 0 aliphatic carbocycles. The Hall–Kier alpha value is -2.55. The summed E-state index contributed by atoms with van der Waals surface area (Å²) in [6, 6.07) is 7.99. The van der Waals surface area contributed by atoms with Gasteiger partial charge in [0.25, 0.3) is 0 Å². The largest absolute Gasteiger partial charge is 0.465 e. The summed E-state index contributed by atoms with van der Waals surface area (Å²) in [6.45, 7) is 8.27. The molecule has 2 rings (SSSR count). The van der Waals surface area contributed by atoms with Gasteiger partial charge in [0, 0.05) is 5.56 Å². The van der Waals surface area contributed by atoms with Gasteiger partial charge in [-0.25, -0.2) is 4.68 Å². The molecule has 8 nitrogen and oxygen atoms in total. The fraction of sp³-hybridized carbons (Fsp3) is 0.444. The van der Waals surface area contributed by atoms with Gasteiger partial charge in [0.2, 0.25) is 11.1 Å². The van der Waals surface area contributed by atoms with Crippen molar-refractivity contribution >= 4 is 23.6 Å². The van der Waals surface area contributed by atoms with Crippen molar-refractivity contribution in [1.29, 1.82) is 0 Å². The van der Waals surface area contributed by atoms with Gasteiger partial charge in [-0.2, -0.15) is 0 Å². The van der Waals surface area contributed by atoms with Gasteiger partial charge in [0.15, 0.2) is 5.82 Å². The monoisotopic (exact) mass is 391 g/mol. The number of carbonyl (C=O) groups is 2. The molecule has 0 unspecified atom stereocenters. The Labute approximate surface area is 162 Å². The number of thioether (sulfide) groups is 1. The number of ether oxygens (including phenoxy) is 1. The Bertz CT molecular complexity index is 796. The molecular formula is C18H25N5O3S. The molecule has 3 N–H and O–H groups in total. The average molecular weight is 391 g/mol. The van der Waals surface area contributed by atoms with E-state index in [1.165, 1.54) is 10.2 Å². The third-order valence-electron chi connectivity index (χ3n) is 3.74. The smallest absolute Gasteiger partial charge is 0.325 e. The number of aromatic nitrogens is 3. The van der Waals surface area contributed by atoms with E-state index in [1.807, 2.05) is 24.3 Å². The molecule has 1 amide bonds. The lowest BCUT2D eigenvalue weighted by atomic mass is 9.87. The molecule has 0 saturated heterocycles. The van der Waals surface area contributed by atoms with Gasteiger partial charge in [-0.3, -0.25) is 9.59 Å². The predicted molar refractivity (Wildman–Crippen MR) is 105 cm³/mol. The zero-order valence-electron chi connectivity index (χ0n) is 16.0. The summed E-state index contributed by atoms with van der Waals surface area (Å²) in [7, 11) is 0. The molecule has 0 aliphatic heterocycles. The minimum Gasteiger partial charge on any atom is -0.465 e. The number of carbonyl (C=O) groups excluding carboxylic acids is 2.